The molecular weight excluding hydrogens is 346 g/mol. The molecule has 2 rings (SSSR count). The summed E-state index contributed by atoms with van der Waals surface area (Å²) in [6, 6.07) is 3.73. The zero-order valence-corrected chi connectivity index (χ0v) is 13.6. The highest BCUT2D eigenvalue weighted by Crippen LogP contribution is 2.31. The Balaban J connectivity index is 2.44. The summed E-state index contributed by atoms with van der Waals surface area (Å²) in [4.78, 5) is 11.4. The van der Waals surface area contributed by atoms with Gasteiger partial charge in [-0.25, -0.2) is 8.42 Å². The number of carbonyl (C=O) groups is 1. The summed E-state index contributed by atoms with van der Waals surface area (Å²) in [5, 5.41) is 9.25. The molecular formula is C13H16BrNO4S. The molecule has 0 radical (unpaired) electrons. The van der Waals surface area contributed by atoms with Crippen LogP contribution in [0.1, 0.15) is 18.9 Å². The Morgan fingerprint density at radius 3 is 2.65 bits per heavy atom. The van der Waals surface area contributed by atoms with Crippen LogP contribution in [-0.2, 0) is 14.8 Å². The second-order valence-corrected chi connectivity index (χ2v) is 7.82. The topological polar surface area (TPSA) is 74.7 Å². The normalized spacial score (nSPS) is 23.9. The average Bonchev–Trinajstić information content (AvgIpc) is 2.75. The van der Waals surface area contributed by atoms with Crippen LogP contribution in [-0.4, -0.2) is 36.4 Å². The van der Waals surface area contributed by atoms with Crippen LogP contribution in [0.4, 0.5) is 0 Å². The Bertz CT molecular complexity index is 644. The molecule has 110 valence electrons. The maximum absolute atomic E-state index is 12.6. The fourth-order valence-electron chi connectivity index (χ4n) is 2.46. The van der Waals surface area contributed by atoms with Gasteiger partial charge in [0.05, 0.1) is 4.90 Å². The lowest BCUT2D eigenvalue weighted by molar-refractivity contribution is -0.141. The van der Waals surface area contributed by atoms with Crippen molar-refractivity contribution in [1.82, 2.24) is 4.31 Å². The van der Waals surface area contributed by atoms with Crippen molar-refractivity contribution < 1.29 is 18.3 Å². The molecule has 1 fully saturated rings. The summed E-state index contributed by atoms with van der Waals surface area (Å²) in [5.41, 5.74) is 0.796. The monoisotopic (exact) mass is 361 g/mol. The SMILES string of the molecule is Cc1cc(S(=O)(=O)N2CCC(C)C2C(=O)O)ccc1Br. The van der Waals surface area contributed by atoms with Gasteiger partial charge < -0.3 is 5.11 Å². The highest BCUT2D eigenvalue weighted by atomic mass is 79.9. The number of sulfonamides is 1. The number of carboxylic acids is 1. The van der Waals surface area contributed by atoms with E-state index in [1.807, 2.05) is 0 Å². The van der Waals surface area contributed by atoms with Crippen molar-refractivity contribution in [3.63, 3.8) is 0 Å². The molecule has 20 heavy (non-hydrogen) atoms. The molecule has 0 aliphatic carbocycles. The fraction of sp³-hybridized carbons (Fsp3) is 0.462. The van der Waals surface area contributed by atoms with E-state index in [0.29, 0.717) is 6.42 Å². The molecule has 0 saturated carbocycles. The molecule has 1 aromatic carbocycles. The van der Waals surface area contributed by atoms with Crippen LogP contribution < -0.4 is 0 Å². The first-order valence-corrected chi connectivity index (χ1v) is 8.49. The van der Waals surface area contributed by atoms with Gasteiger partial charge in [0, 0.05) is 11.0 Å². The van der Waals surface area contributed by atoms with E-state index >= 15 is 0 Å². The van der Waals surface area contributed by atoms with E-state index in [0.717, 1.165) is 14.3 Å². The summed E-state index contributed by atoms with van der Waals surface area (Å²) in [6.45, 7) is 3.81. The van der Waals surface area contributed by atoms with Crippen LogP contribution >= 0.6 is 15.9 Å². The summed E-state index contributed by atoms with van der Waals surface area (Å²) < 4.78 is 27.1. The molecule has 0 bridgehead atoms. The van der Waals surface area contributed by atoms with E-state index in [2.05, 4.69) is 15.9 Å². The van der Waals surface area contributed by atoms with E-state index in [1.165, 1.54) is 6.07 Å². The minimum Gasteiger partial charge on any atom is -0.480 e. The smallest absolute Gasteiger partial charge is 0.322 e. The third-order valence-corrected chi connectivity index (χ3v) is 6.41. The zero-order valence-electron chi connectivity index (χ0n) is 11.2. The molecule has 2 unspecified atom stereocenters. The van der Waals surface area contributed by atoms with Gasteiger partial charge in [-0.1, -0.05) is 22.9 Å². The Morgan fingerprint density at radius 1 is 1.45 bits per heavy atom. The van der Waals surface area contributed by atoms with Crippen LogP contribution in [0.25, 0.3) is 0 Å². The van der Waals surface area contributed by atoms with Crippen molar-refractivity contribution in [3.8, 4) is 0 Å². The largest absolute Gasteiger partial charge is 0.480 e. The fourth-order valence-corrected chi connectivity index (χ4v) is 4.49. The third kappa shape index (κ3) is 2.62. The first kappa shape index (κ1) is 15.5. The van der Waals surface area contributed by atoms with Gasteiger partial charge >= 0.3 is 5.97 Å². The van der Waals surface area contributed by atoms with Crippen molar-refractivity contribution >= 4 is 31.9 Å². The van der Waals surface area contributed by atoms with Gasteiger partial charge in [0.1, 0.15) is 6.04 Å². The van der Waals surface area contributed by atoms with E-state index in [9.17, 15) is 18.3 Å². The second-order valence-electron chi connectivity index (χ2n) is 5.08. The van der Waals surface area contributed by atoms with E-state index in [1.54, 1.807) is 26.0 Å². The Hall–Kier alpha value is -0.920. The number of aliphatic carboxylic acids is 1. The van der Waals surface area contributed by atoms with Crippen molar-refractivity contribution in [2.75, 3.05) is 6.54 Å². The number of aryl methyl sites for hydroxylation is 1. The van der Waals surface area contributed by atoms with Gasteiger partial charge in [0.2, 0.25) is 10.0 Å². The molecule has 1 aromatic rings. The summed E-state index contributed by atoms with van der Waals surface area (Å²) in [6.07, 6.45) is 0.561. The van der Waals surface area contributed by atoms with Crippen LogP contribution in [0.2, 0.25) is 0 Å². The number of hydrogen-bond donors (Lipinski definition) is 1. The van der Waals surface area contributed by atoms with Crippen LogP contribution in [0.3, 0.4) is 0 Å². The van der Waals surface area contributed by atoms with Crippen molar-refractivity contribution in [1.29, 1.82) is 0 Å². The molecule has 1 N–H and O–H groups in total. The maximum atomic E-state index is 12.6. The summed E-state index contributed by atoms with van der Waals surface area (Å²) in [7, 11) is -3.77. The molecule has 0 amide bonds. The van der Waals surface area contributed by atoms with Gasteiger partial charge in [-0.2, -0.15) is 4.31 Å². The quantitative estimate of drug-likeness (QED) is 0.895. The van der Waals surface area contributed by atoms with Gasteiger partial charge in [-0.15, -0.1) is 0 Å². The molecule has 5 nitrogen and oxygen atoms in total. The molecule has 1 aliphatic heterocycles. The number of nitrogens with zero attached hydrogens (tertiary/aromatic N) is 1. The van der Waals surface area contributed by atoms with Gasteiger partial charge in [0.15, 0.2) is 0 Å². The minimum absolute atomic E-state index is 0.138. The van der Waals surface area contributed by atoms with E-state index in [4.69, 9.17) is 0 Å². The third-order valence-electron chi connectivity index (χ3n) is 3.64. The summed E-state index contributed by atoms with van der Waals surface area (Å²) >= 11 is 3.32. The Labute approximate surface area is 126 Å². The second kappa shape index (κ2) is 5.46. The zero-order chi connectivity index (χ0) is 15.1. The Kier molecular flexibility index (Phi) is 4.22. The van der Waals surface area contributed by atoms with Crippen LogP contribution in [0, 0.1) is 12.8 Å². The number of halogens is 1. The van der Waals surface area contributed by atoms with Gasteiger partial charge in [-0.05, 0) is 43.0 Å². The number of benzene rings is 1. The van der Waals surface area contributed by atoms with Crippen LogP contribution in [0.15, 0.2) is 27.6 Å². The molecule has 1 heterocycles. The Morgan fingerprint density at radius 2 is 2.10 bits per heavy atom. The highest BCUT2D eigenvalue weighted by Gasteiger charge is 2.43. The lowest BCUT2D eigenvalue weighted by Gasteiger charge is -2.23. The summed E-state index contributed by atoms with van der Waals surface area (Å²) in [5.74, 6) is -1.27. The molecule has 7 heteroatoms. The first-order chi connectivity index (χ1) is 9.25. The lowest BCUT2D eigenvalue weighted by atomic mass is 10.0. The molecule has 1 aliphatic rings. The van der Waals surface area contributed by atoms with Gasteiger partial charge in [0.25, 0.3) is 0 Å². The predicted molar refractivity (Wildman–Crippen MR) is 78.0 cm³/mol. The van der Waals surface area contributed by atoms with Crippen molar-refractivity contribution in [3.05, 3.63) is 28.2 Å². The minimum atomic E-state index is -3.77. The maximum Gasteiger partial charge on any atom is 0.322 e. The van der Waals surface area contributed by atoms with Crippen molar-refractivity contribution in [2.45, 2.75) is 31.2 Å². The van der Waals surface area contributed by atoms with Crippen LogP contribution in [0.5, 0.6) is 0 Å². The molecule has 0 spiro atoms. The molecule has 2 atom stereocenters. The van der Waals surface area contributed by atoms with Crippen molar-refractivity contribution in [2.24, 2.45) is 5.92 Å². The van der Waals surface area contributed by atoms with E-state index < -0.39 is 22.0 Å². The number of hydrogen-bond acceptors (Lipinski definition) is 3. The first-order valence-electron chi connectivity index (χ1n) is 6.26. The molecule has 1 saturated heterocycles. The highest BCUT2D eigenvalue weighted by molar-refractivity contribution is 9.10. The average molecular weight is 362 g/mol. The number of rotatable bonds is 3. The van der Waals surface area contributed by atoms with Gasteiger partial charge in [-0.3, -0.25) is 4.79 Å². The standard InChI is InChI=1S/C13H16BrNO4S/c1-8-5-6-15(12(8)13(16)17)20(18,19)10-3-4-11(14)9(2)7-10/h3-4,7-8,12H,5-6H2,1-2H3,(H,16,17). The van der Waals surface area contributed by atoms with E-state index in [-0.39, 0.29) is 17.4 Å². The lowest BCUT2D eigenvalue weighted by Crippen LogP contribution is -2.42. The number of carboxylic acid groups (broad SMARTS) is 1. The predicted octanol–water partition coefficient (Wildman–Crippen LogP) is 2.24. The molecule has 0 aromatic heterocycles.